The van der Waals surface area contributed by atoms with Crippen LogP contribution in [0.15, 0.2) is 145 Å². The molecule has 0 radical (unpaired) electrons. The zero-order valence-corrected chi connectivity index (χ0v) is 30.6. The minimum absolute atomic E-state index is 0.150. The Kier molecular flexibility index (Phi) is 6.66. The molecule has 8 aromatic rings. The van der Waals surface area contributed by atoms with Crippen LogP contribution in [-0.4, -0.2) is 9.13 Å². The molecule has 0 N–H and O–H groups in total. The normalized spacial score (nSPS) is 15.4. The Labute approximate surface area is 314 Å². The highest BCUT2D eigenvalue weighted by molar-refractivity contribution is 6.14. The number of benzene rings is 6. The monoisotopic (exact) mass is 692 g/mol. The van der Waals surface area contributed by atoms with E-state index in [0.717, 1.165) is 32.8 Å². The first-order valence-electron chi connectivity index (χ1n) is 18.5. The van der Waals surface area contributed by atoms with Gasteiger partial charge >= 0.3 is 0 Å². The van der Waals surface area contributed by atoms with Gasteiger partial charge in [-0.25, -0.2) is 0 Å². The number of nitrogens with zero attached hydrogens (tertiary/aromatic N) is 4. The third kappa shape index (κ3) is 4.23. The zero-order chi connectivity index (χ0) is 36.9. The van der Waals surface area contributed by atoms with Gasteiger partial charge in [0.1, 0.15) is 6.07 Å². The highest BCUT2D eigenvalue weighted by atomic mass is 15.0. The molecule has 256 valence electrons. The minimum Gasteiger partial charge on any atom is -0.316 e. The summed E-state index contributed by atoms with van der Waals surface area (Å²) in [6, 6.07) is 48.4. The summed E-state index contributed by atoms with van der Waals surface area (Å²) in [5.41, 5.74) is 15.3. The van der Waals surface area contributed by atoms with Crippen molar-refractivity contribution < 1.29 is 0 Å². The van der Waals surface area contributed by atoms with Crippen LogP contribution in [0.5, 0.6) is 0 Å². The summed E-state index contributed by atoms with van der Waals surface area (Å²) < 4.78 is 4.48. The van der Waals surface area contributed by atoms with Gasteiger partial charge in [0.05, 0.1) is 39.4 Å². The maximum atomic E-state index is 10.7. The molecule has 54 heavy (non-hydrogen) atoms. The Morgan fingerprint density at radius 2 is 1.04 bits per heavy atom. The quantitative estimate of drug-likeness (QED) is 0.136. The van der Waals surface area contributed by atoms with Gasteiger partial charge in [0.25, 0.3) is 0 Å². The molecule has 4 heteroatoms. The number of fused-ring (bicyclic) bond motifs is 12. The summed E-state index contributed by atoms with van der Waals surface area (Å²) in [6.07, 6.45) is 7.18. The van der Waals surface area contributed by atoms with Gasteiger partial charge in [0.15, 0.2) is 0 Å². The average Bonchev–Trinajstić information content (AvgIpc) is 3.83. The first-order chi connectivity index (χ1) is 26.2. The summed E-state index contributed by atoms with van der Waals surface area (Å²) >= 11 is 0. The zero-order valence-electron chi connectivity index (χ0n) is 30.6. The van der Waals surface area contributed by atoms with Gasteiger partial charge in [-0.1, -0.05) is 113 Å². The Hall–Kier alpha value is -6.88. The Bertz CT molecular complexity index is 3120. The lowest BCUT2D eigenvalue weighted by Gasteiger charge is -2.22. The van der Waals surface area contributed by atoms with E-state index in [2.05, 4.69) is 183 Å². The molecule has 6 aromatic carbocycles. The van der Waals surface area contributed by atoms with Crippen molar-refractivity contribution >= 4 is 55.5 Å². The van der Waals surface area contributed by atoms with E-state index in [1.54, 1.807) is 6.08 Å². The van der Waals surface area contributed by atoms with E-state index in [4.69, 9.17) is 0 Å². The van der Waals surface area contributed by atoms with Crippen LogP contribution in [0.3, 0.4) is 0 Å². The Balaban J connectivity index is 1.25. The molecule has 0 atom stereocenters. The summed E-state index contributed by atoms with van der Waals surface area (Å²) in [7, 11) is 0. The molecular weight excluding hydrogens is 657 g/mol. The molecule has 2 heterocycles. The summed E-state index contributed by atoms with van der Waals surface area (Å²) in [5.74, 6) is 0. The van der Waals surface area contributed by atoms with Crippen molar-refractivity contribution in [3.63, 3.8) is 0 Å². The van der Waals surface area contributed by atoms with Crippen molar-refractivity contribution in [3.8, 4) is 34.4 Å². The largest absolute Gasteiger partial charge is 0.316 e. The molecule has 2 aliphatic carbocycles. The summed E-state index contributed by atoms with van der Waals surface area (Å²) in [6.45, 7) is 9.21. The maximum Gasteiger partial charge on any atom is 0.101 e. The van der Waals surface area contributed by atoms with Crippen LogP contribution in [0.2, 0.25) is 0 Å². The molecule has 4 nitrogen and oxygen atoms in total. The van der Waals surface area contributed by atoms with Gasteiger partial charge in [-0.3, -0.25) is 0 Å². The van der Waals surface area contributed by atoms with Crippen LogP contribution >= 0.6 is 0 Å². The number of nitriles is 2. The third-order valence-electron chi connectivity index (χ3n) is 12.1. The summed E-state index contributed by atoms with van der Waals surface area (Å²) in [5, 5.41) is 25.0. The SMILES string of the molecule is CC1(C)c2ccccc2-c2cc3c4ccccc4n(/C=C/C(=C(C#N)\C=C\C#N)n4c5ccccc5c5cc6c(cc54)C(C)(C)c4ccccc4-6)c3cc21. The fraction of sp³-hybridized carbons (Fsp3) is 0.120. The second-order valence-electron chi connectivity index (χ2n) is 15.6. The number of hydrogen-bond acceptors (Lipinski definition) is 2. The molecule has 0 aliphatic heterocycles. The van der Waals surface area contributed by atoms with Crippen molar-refractivity contribution in [1.82, 2.24) is 9.13 Å². The van der Waals surface area contributed by atoms with E-state index in [-0.39, 0.29) is 10.8 Å². The van der Waals surface area contributed by atoms with Crippen LogP contribution in [0.1, 0.15) is 49.9 Å². The van der Waals surface area contributed by atoms with Gasteiger partial charge in [0.2, 0.25) is 0 Å². The molecule has 0 unspecified atom stereocenters. The third-order valence-corrected chi connectivity index (χ3v) is 12.1. The predicted octanol–water partition coefficient (Wildman–Crippen LogP) is 12.5. The van der Waals surface area contributed by atoms with Crippen molar-refractivity contribution in [1.29, 1.82) is 10.5 Å². The van der Waals surface area contributed by atoms with Gasteiger partial charge in [-0.05, 0) is 93.1 Å². The van der Waals surface area contributed by atoms with E-state index in [0.29, 0.717) is 11.3 Å². The number of aromatic nitrogens is 2. The topological polar surface area (TPSA) is 57.4 Å². The molecule has 2 aliphatic rings. The number of rotatable bonds is 4. The van der Waals surface area contributed by atoms with Crippen LogP contribution in [-0.2, 0) is 10.8 Å². The number of hydrogen-bond donors (Lipinski definition) is 0. The van der Waals surface area contributed by atoms with Crippen LogP contribution in [0, 0.1) is 22.7 Å². The van der Waals surface area contributed by atoms with Crippen LogP contribution in [0.25, 0.3) is 77.8 Å². The highest BCUT2D eigenvalue weighted by Crippen LogP contribution is 2.52. The molecule has 0 saturated carbocycles. The van der Waals surface area contributed by atoms with E-state index in [9.17, 15) is 10.5 Å². The average molecular weight is 693 g/mol. The van der Waals surface area contributed by atoms with Crippen molar-refractivity contribution in [2.45, 2.75) is 38.5 Å². The fourth-order valence-corrected chi connectivity index (χ4v) is 9.51. The van der Waals surface area contributed by atoms with E-state index in [1.165, 1.54) is 61.4 Å². The molecule has 0 bridgehead atoms. The van der Waals surface area contributed by atoms with Crippen molar-refractivity contribution in [2.75, 3.05) is 0 Å². The first-order valence-corrected chi connectivity index (χ1v) is 18.5. The molecule has 0 fully saturated rings. The molecular formula is C50H36N4. The molecule has 10 rings (SSSR count). The van der Waals surface area contributed by atoms with E-state index < -0.39 is 0 Å². The maximum absolute atomic E-state index is 10.7. The lowest BCUT2D eigenvalue weighted by atomic mass is 9.82. The fourth-order valence-electron chi connectivity index (χ4n) is 9.51. The Morgan fingerprint density at radius 1 is 0.519 bits per heavy atom. The first kappa shape index (κ1) is 31.8. The standard InChI is InChI=1S/C50H36N4/c1-49(2)40-19-9-5-15-32(40)36-26-38-34-17-7-11-21-45(34)53(47(38)28-42(36)49)25-23-44(31(30-52)14-13-24-51)54-46-22-12-8-18-35(46)39-27-37-33-16-6-10-20-41(33)50(3,4)43(37)29-48(39)54/h5-23,25-29H,1-4H3/b14-13+,25-23+,44-31-. The smallest absolute Gasteiger partial charge is 0.101 e. The number of para-hydroxylation sites is 2. The lowest BCUT2D eigenvalue weighted by Crippen LogP contribution is -2.15. The molecule has 0 spiro atoms. The second kappa shape index (κ2) is 11.3. The van der Waals surface area contributed by atoms with Crippen LogP contribution < -0.4 is 0 Å². The molecule has 0 saturated heterocycles. The van der Waals surface area contributed by atoms with Crippen LogP contribution in [0.4, 0.5) is 0 Å². The van der Waals surface area contributed by atoms with Gasteiger partial charge in [-0.15, -0.1) is 0 Å². The second-order valence-corrected chi connectivity index (χ2v) is 15.6. The van der Waals surface area contributed by atoms with E-state index >= 15 is 0 Å². The van der Waals surface area contributed by atoms with Gasteiger partial charge < -0.3 is 9.13 Å². The van der Waals surface area contributed by atoms with Crippen molar-refractivity contribution in [2.24, 2.45) is 0 Å². The molecule has 0 amide bonds. The highest BCUT2D eigenvalue weighted by Gasteiger charge is 2.37. The summed E-state index contributed by atoms with van der Waals surface area (Å²) in [4.78, 5) is 0. The predicted molar refractivity (Wildman–Crippen MR) is 223 cm³/mol. The van der Waals surface area contributed by atoms with Gasteiger partial charge in [0, 0.05) is 44.7 Å². The van der Waals surface area contributed by atoms with Crippen molar-refractivity contribution in [3.05, 3.63) is 167 Å². The lowest BCUT2D eigenvalue weighted by molar-refractivity contribution is 0.661. The minimum atomic E-state index is -0.198. The van der Waals surface area contributed by atoms with E-state index in [1.807, 2.05) is 0 Å². The number of allylic oxidation sites excluding steroid dienone is 5. The van der Waals surface area contributed by atoms with Gasteiger partial charge in [-0.2, -0.15) is 10.5 Å². The Morgan fingerprint density at radius 3 is 1.65 bits per heavy atom. The molecule has 2 aromatic heterocycles.